The summed E-state index contributed by atoms with van der Waals surface area (Å²) in [6, 6.07) is 12.5. The third-order valence-electron chi connectivity index (χ3n) is 6.10. The van der Waals surface area contributed by atoms with Crippen LogP contribution in [-0.2, 0) is 20.9 Å². The number of amides is 1. The highest BCUT2D eigenvalue weighted by molar-refractivity contribution is 5.89. The molecule has 0 aliphatic carbocycles. The van der Waals surface area contributed by atoms with E-state index in [0.29, 0.717) is 17.7 Å². The summed E-state index contributed by atoms with van der Waals surface area (Å²) >= 11 is 0. The smallest absolute Gasteiger partial charge is 0.407 e. The highest BCUT2D eigenvalue weighted by atomic mass is 16.7. The summed E-state index contributed by atoms with van der Waals surface area (Å²) in [6.45, 7) is 8.12. The number of carbonyl (C=O) groups excluding carboxylic acids is 3. The van der Waals surface area contributed by atoms with E-state index in [4.69, 9.17) is 15.4 Å². The van der Waals surface area contributed by atoms with Gasteiger partial charge in [0, 0.05) is 31.4 Å². The Balaban J connectivity index is 1.52. The summed E-state index contributed by atoms with van der Waals surface area (Å²) in [5, 5.41) is 2.62. The van der Waals surface area contributed by atoms with Crippen LogP contribution in [0.4, 0.5) is 10.5 Å². The first-order valence-electron chi connectivity index (χ1n) is 11.4. The molecule has 0 radical (unpaired) electrons. The Morgan fingerprint density at radius 3 is 2.62 bits per heavy atom. The van der Waals surface area contributed by atoms with Crippen molar-refractivity contribution in [3.05, 3.63) is 59.2 Å². The van der Waals surface area contributed by atoms with Crippen molar-refractivity contribution in [1.29, 1.82) is 0 Å². The molecule has 1 heterocycles. The normalized spacial score (nSPS) is 16.8. The van der Waals surface area contributed by atoms with Crippen molar-refractivity contribution in [2.24, 2.45) is 11.8 Å². The number of fused-ring (bicyclic) bond motifs is 1. The molecule has 0 bridgehead atoms. The van der Waals surface area contributed by atoms with E-state index in [9.17, 15) is 14.4 Å². The van der Waals surface area contributed by atoms with E-state index >= 15 is 0 Å². The van der Waals surface area contributed by atoms with E-state index in [1.807, 2.05) is 25.1 Å². The first kappa shape index (κ1) is 25.0. The van der Waals surface area contributed by atoms with Crippen molar-refractivity contribution < 1.29 is 28.7 Å². The maximum atomic E-state index is 12.6. The van der Waals surface area contributed by atoms with E-state index in [-0.39, 0.29) is 30.6 Å². The van der Waals surface area contributed by atoms with Crippen LogP contribution in [0.1, 0.15) is 54.6 Å². The van der Waals surface area contributed by atoms with Crippen LogP contribution < -0.4 is 20.9 Å². The van der Waals surface area contributed by atoms with Crippen LogP contribution in [0.3, 0.4) is 0 Å². The number of hydrogen-bond donors (Lipinski definition) is 2. The lowest BCUT2D eigenvalue weighted by atomic mass is 9.83. The van der Waals surface area contributed by atoms with Gasteiger partial charge < -0.3 is 24.5 Å². The second-order valence-corrected chi connectivity index (χ2v) is 8.09. The van der Waals surface area contributed by atoms with Gasteiger partial charge in [-0.05, 0) is 55.5 Å². The summed E-state index contributed by atoms with van der Waals surface area (Å²) in [4.78, 5) is 42.6. The van der Waals surface area contributed by atoms with Gasteiger partial charge in [0.05, 0.1) is 18.1 Å². The zero-order valence-corrected chi connectivity index (χ0v) is 19.7. The number of ether oxygens (including phenoxy) is 2. The third-order valence-corrected chi connectivity index (χ3v) is 6.10. The summed E-state index contributed by atoms with van der Waals surface area (Å²) in [5.74, 6) is 4.05. The third kappa shape index (κ3) is 5.85. The number of esters is 1. The van der Waals surface area contributed by atoms with E-state index < -0.39 is 18.0 Å². The number of carbonyl (C=O) groups is 3. The Hall–Kier alpha value is -3.59. The van der Waals surface area contributed by atoms with Gasteiger partial charge in [0.1, 0.15) is 5.75 Å². The van der Waals surface area contributed by atoms with Gasteiger partial charge >= 0.3 is 18.0 Å². The topological polar surface area (TPSA) is 120 Å². The molecule has 2 atom stereocenters. The van der Waals surface area contributed by atoms with Crippen molar-refractivity contribution in [2.75, 3.05) is 24.6 Å². The molecule has 1 aliphatic heterocycles. The van der Waals surface area contributed by atoms with E-state index in [1.54, 1.807) is 24.3 Å². The molecule has 34 heavy (non-hydrogen) atoms. The van der Waals surface area contributed by atoms with E-state index in [2.05, 4.69) is 28.9 Å². The maximum Gasteiger partial charge on any atom is 0.407 e. The number of alkyl carbamates (subject to hydrolysis) is 1. The van der Waals surface area contributed by atoms with Gasteiger partial charge in [0.25, 0.3) is 0 Å². The van der Waals surface area contributed by atoms with Crippen molar-refractivity contribution in [3.63, 3.8) is 0 Å². The lowest BCUT2D eigenvalue weighted by Gasteiger charge is -2.31. The highest BCUT2D eigenvalue weighted by Gasteiger charge is 2.35. The molecule has 182 valence electrons. The fraction of sp³-hybridized carbons (Fsp3) is 0.400. The van der Waals surface area contributed by atoms with Crippen LogP contribution in [-0.4, -0.2) is 37.7 Å². The molecule has 0 saturated heterocycles. The van der Waals surface area contributed by atoms with Gasteiger partial charge in [-0.2, -0.15) is 5.90 Å². The number of nitrogens with one attached hydrogen (secondary N) is 1. The maximum absolute atomic E-state index is 12.6. The number of hydrogen-bond acceptors (Lipinski definition) is 8. The highest BCUT2D eigenvalue weighted by Crippen LogP contribution is 2.40. The largest absolute Gasteiger partial charge is 0.450 e. The van der Waals surface area contributed by atoms with Crippen molar-refractivity contribution in [3.8, 4) is 5.75 Å². The average molecular weight is 470 g/mol. The van der Waals surface area contributed by atoms with Crippen LogP contribution >= 0.6 is 0 Å². The molecule has 0 saturated carbocycles. The Morgan fingerprint density at radius 1 is 1.15 bits per heavy atom. The minimum absolute atomic E-state index is 0.0568. The molecule has 9 nitrogen and oxygen atoms in total. The molecule has 2 aromatic carbocycles. The van der Waals surface area contributed by atoms with Crippen molar-refractivity contribution >= 4 is 23.7 Å². The Kier molecular flexibility index (Phi) is 8.48. The van der Waals surface area contributed by atoms with Gasteiger partial charge in [0.2, 0.25) is 0 Å². The molecule has 1 amide bonds. The van der Waals surface area contributed by atoms with Gasteiger partial charge in [-0.25, -0.2) is 9.59 Å². The molecule has 3 rings (SSSR count). The van der Waals surface area contributed by atoms with E-state index in [1.165, 1.54) is 0 Å². The molecule has 9 heteroatoms. The fourth-order valence-corrected chi connectivity index (χ4v) is 4.13. The zero-order chi connectivity index (χ0) is 24.7. The second kappa shape index (κ2) is 11.5. The van der Waals surface area contributed by atoms with Gasteiger partial charge in [0.15, 0.2) is 0 Å². The number of nitrogens with two attached hydrogens (primary N) is 1. The first-order valence-corrected chi connectivity index (χ1v) is 11.4. The van der Waals surface area contributed by atoms with Gasteiger partial charge in [-0.3, -0.25) is 4.79 Å². The predicted octanol–water partition coefficient (Wildman–Crippen LogP) is 3.52. The molecule has 0 spiro atoms. The summed E-state index contributed by atoms with van der Waals surface area (Å²) in [7, 11) is 0. The van der Waals surface area contributed by atoms with Crippen LogP contribution in [0.25, 0.3) is 0 Å². The molecule has 0 fully saturated rings. The van der Waals surface area contributed by atoms with Crippen LogP contribution in [0.5, 0.6) is 5.75 Å². The number of anilines is 1. The SMILES string of the molecule is CCN(CC)c1ccc2c(c1)OC(=O)C(CCOC(=O)NCc1cccc(C(=O)ON)c1)C2C. The summed E-state index contributed by atoms with van der Waals surface area (Å²) in [6.07, 6.45) is -0.268. The molecule has 3 N–H and O–H groups in total. The zero-order valence-electron chi connectivity index (χ0n) is 19.7. The number of nitrogens with zero attached hydrogens (tertiary/aromatic N) is 1. The molecule has 2 aromatic rings. The molecule has 2 unspecified atom stereocenters. The lowest BCUT2D eigenvalue weighted by Crippen LogP contribution is -2.32. The Morgan fingerprint density at radius 2 is 1.91 bits per heavy atom. The molecule has 1 aliphatic rings. The van der Waals surface area contributed by atoms with E-state index in [0.717, 1.165) is 24.3 Å². The second-order valence-electron chi connectivity index (χ2n) is 8.09. The Bertz CT molecular complexity index is 1040. The number of benzene rings is 2. The summed E-state index contributed by atoms with van der Waals surface area (Å²) in [5.41, 5.74) is 2.96. The fourth-order valence-electron chi connectivity index (χ4n) is 4.13. The van der Waals surface area contributed by atoms with Gasteiger partial charge in [-0.15, -0.1) is 0 Å². The van der Waals surface area contributed by atoms with Crippen LogP contribution in [0, 0.1) is 5.92 Å². The molecular weight excluding hydrogens is 438 g/mol. The molecular formula is C25H31N3O6. The quantitative estimate of drug-likeness (QED) is 0.325. The minimum atomic E-state index is -0.663. The summed E-state index contributed by atoms with van der Waals surface area (Å²) < 4.78 is 10.9. The predicted molar refractivity (Wildman–Crippen MR) is 126 cm³/mol. The first-order chi connectivity index (χ1) is 16.4. The lowest BCUT2D eigenvalue weighted by molar-refractivity contribution is -0.141. The average Bonchev–Trinajstić information content (AvgIpc) is 2.85. The van der Waals surface area contributed by atoms with Crippen LogP contribution in [0.15, 0.2) is 42.5 Å². The van der Waals surface area contributed by atoms with Gasteiger partial charge in [-0.1, -0.05) is 25.1 Å². The van der Waals surface area contributed by atoms with Crippen molar-refractivity contribution in [1.82, 2.24) is 5.32 Å². The van der Waals surface area contributed by atoms with Crippen LogP contribution in [0.2, 0.25) is 0 Å². The van der Waals surface area contributed by atoms with Crippen molar-refractivity contribution in [2.45, 2.75) is 39.7 Å². The molecule has 0 aromatic heterocycles. The minimum Gasteiger partial charge on any atom is -0.450 e. The monoisotopic (exact) mass is 469 g/mol. The standard InChI is InChI=1S/C25H31N3O6/c1-4-28(5-2)19-9-10-20-16(3)21(24(30)33-22(20)14-19)11-12-32-25(31)27-15-17-7-6-8-18(13-17)23(29)34-26/h6-10,13-14,16,21H,4-5,11-12,15,26H2,1-3H3,(H,27,31). The Labute approximate surface area is 199 Å². The number of rotatable bonds is 9.